The van der Waals surface area contributed by atoms with Crippen LogP contribution >= 0.6 is 24.0 Å². The molecule has 0 saturated heterocycles. The lowest BCUT2D eigenvalue weighted by molar-refractivity contribution is 0.315. The highest BCUT2D eigenvalue weighted by Gasteiger charge is 2.38. The number of aliphatic imine (C=N–C) groups is 1. The van der Waals surface area contributed by atoms with Gasteiger partial charge in [-0.3, -0.25) is 0 Å². The second-order valence-electron chi connectivity index (χ2n) is 7.09. The molecule has 136 valence electrons. The molecule has 2 saturated carbocycles. The summed E-state index contributed by atoms with van der Waals surface area (Å²) < 4.78 is 5.59. The highest BCUT2D eigenvalue weighted by Crippen LogP contribution is 2.49. The summed E-state index contributed by atoms with van der Waals surface area (Å²) in [4.78, 5) is 8.97. The van der Waals surface area contributed by atoms with Crippen molar-refractivity contribution in [2.45, 2.75) is 59.4 Å². The van der Waals surface area contributed by atoms with E-state index in [1.165, 1.54) is 32.1 Å². The number of fused-ring (bicyclic) bond motifs is 2. The molecule has 1 heterocycles. The van der Waals surface area contributed by atoms with Crippen molar-refractivity contribution < 1.29 is 4.42 Å². The fourth-order valence-corrected chi connectivity index (χ4v) is 4.20. The van der Waals surface area contributed by atoms with Crippen LogP contribution in [-0.2, 0) is 6.54 Å². The number of hydrogen-bond donors (Lipinski definition) is 2. The molecule has 6 heteroatoms. The van der Waals surface area contributed by atoms with Gasteiger partial charge in [0.2, 0.25) is 5.89 Å². The summed E-state index contributed by atoms with van der Waals surface area (Å²) in [6.45, 7) is 8.34. The molecule has 2 aliphatic carbocycles. The van der Waals surface area contributed by atoms with E-state index in [0.717, 1.165) is 48.3 Å². The number of guanidine groups is 1. The minimum Gasteiger partial charge on any atom is -0.444 e. The highest BCUT2D eigenvalue weighted by molar-refractivity contribution is 14.0. The van der Waals surface area contributed by atoms with Gasteiger partial charge in [0.05, 0.1) is 5.69 Å². The van der Waals surface area contributed by atoms with Crippen LogP contribution in [0.2, 0.25) is 0 Å². The Bertz CT molecular complexity index is 538. The second-order valence-corrected chi connectivity index (χ2v) is 7.09. The van der Waals surface area contributed by atoms with Gasteiger partial charge in [-0.2, -0.15) is 0 Å². The third-order valence-electron chi connectivity index (χ3n) is 5.48. The summed E-state index contributed by atoms with van der Waals surface area (Å²) in [6.07, 6.45) is 7.15. The molecule has 5 nitrogen and oxygen atoms in total. The van der Waals surface area contributed by atoms with Gasteiger partial charge >= 0.3 is 0 Å². The summed E-state index contributed by atoms with van der Waals surface area (Å²) in [5.74, 6) is 5.39. The molecule has 3 rings (SSSR count). The van der Waals surface area contributed by atoms with E-state index in [4.69, 9.17) is 4.42 Å². The van der Waals surface area contributed by atoms with Crippen molar-refractivity contribution in [1.29, 1.82) is 0 Å². The summed E-state index contributed by atoms with van der Waals surface area (Å²) >= 11 is 0. The summed E-state index contributed by atoms with van der Waals surface area (Å²) in [5.41, 5.74) is 0.949. The van der Waals surface area contributed by atoms with Crippen molar-refractivity contribution in [3.05, 3.63) is 17.3 Å². The van der Waals surface area contributed by atoms with Crippen LogP contribution in [0.25, 0.3) is 0 Å². The largest absolute Gasteiger partial charge is 0.444 e. The second kappa shape index (κ2) is 9.06. The summed E-state index contributed by atoms with van der Waals surface area (Å²) in [6, 6.07) is 0. The Morgan fingerprint density at radius 1 is 1.25 bits per heavy atom. The first-order chi connectivity index (χ1) is 11.2. The van der Waals surface area contributed by atoms with E-state index in [2.05, 4.69) is 27.5 Å². The van der Waals surface area contributed by atoms with Gasteiger partial charge in [0.1, 0.15) is 12.3 Å². The van der Waals surface area contributed by atoms with E-state index >= 15 is 0 Å². The number of halogens is 1. The maximum Gasteiger partial charge on any atom is 0.216 e. The monoisotopic (exact) mass is 446 g/mol. The zero-order valence-corrected chi connectivity index (χ0v) is 17.4. The predicted octanol–water partition coefficient (Wildman–Crippen LogP) is 3.79. The van der Waals surface area contributed by atoms with Gasteiger partial charge in [-0.1, -0.05) is 6.42 Å². The number of hydrogen-bond acceptors (Lipinski definition) is 3. The number of aromatic nitrogens is 1. The summed E-state index contributed by atoms with van der Waals surface area (Å²) in [5, 5.41) is 6.77. The maximum absolute atomic E-state index is 5.59. The molecule has 24 heavy (non-hydrogen) atoms. The standard InChI is InChI=1S/C18H30N4O.HI/c1-4-19-18(21-11-17-22-12(2)13(3)23-17)20-8-7-16-10-14-5-6-15(16)9-14;/h14-16H,4-11H2,1-3H3,(H2,19,20,21);1H. The van der Waals surface area contributed by atoms with Gasteiger partial charge in [-0.05, 0) is 64.2 Å². The molecule has 3 unspecified atom stereocenters. The molecule has 1 aromatic rings. The molecule has 2 N–H and O–H groups in total. The summed E-state index contributed by atoms with van der Waals surface area (Å²) in [7, 11) is 0. The lowest BCUT2D eigenvalue weighted by Gasteiger charge is -2.22. The van der Waals surface area contributed by atoms with Crippen molar-refractivity contribution >= 4 is 29.9 Å². The molecule has 3 atom stereocenters. The van der Waals surface area contributed by atoms with Crippen LogP contribution in [0.5, 0.6) is 0 Å². The van der Waals surface area contributed by atoms with Crippen molar-refractivity contribution in [2.75, 3.05) is 13.1 Å². The van der Waals surface area contributed by atoms with E-state index in [9.17, 15) is 0 Å². The third kappa shape index (κ3) is 4.86. The van der Waals surface area contributed by atoms with Crippen LogP contribution in [0.4, 0.5) is 0 Å². The number of oxazole rings is 1. The highest BCUT2D eigenvalue weighted by atomic mass is 127. The third-order valence-corrected chi connectivity index (χ3v) is 5.48. The fraction of sp³-hybridized carbons (Fsp3) is 0.778. The topological polar surface area (TPSA) is 62.5 Å². The molecule has 0 aliphatic heterocycles. The van der Waals surface area contributed by atoms with Crippen LogP contribution in [-0.4, -0.2) is 24.0 Å². The van der Waals surface area contributed by atoms with Gasteiger partial charge in [0.25, 0.3) is 0 Å². The van der Waals surface area contributed by atoms with Gasteiger partial charge in [0, 0.05) is 13.1 Å². The number of rotatable bonds is 6. The lowest BCUT2D eigenvalue weighted by atomic mass is 9.86. The minimum atomic E-state index is 0. The van der Waals surface area contributed by atoms with Gasteiger partial charge < -0.3 is 15.1 Å². The minimum absolute atomic E-state index is 0. The van der Waals surface area contributed by atoms with E-state index in [1.54, 1.807) is 0 Å². The number of nitrogens with one attached hydrogen (secondary N) is 2. The number of aryl methyl sites for hydroxylation is 2. The zero-order valence-electron chi connectivity index (χ0n) is 15.1. The molecular formula is C18H31IN4O. The van der Waals surface area contributed by atoms with Crippen LogP contribution in [0.15, 0.2) is 9.41 Å². The Morgan fingerprint density at radius 3 is 2.67 bits per heavy atom. The average molecular weight is 446 g/mol. The first-order valence-corrected chi connectivity index (χ1v) is 9.10. The van der Waals surface area contributed by atoms with Gasteiger partial charge in [-0.15, -0.1) is 24.0 Å². The SMILES string of the molecule is CCNC(=NCc1nc(C)c(C)o1)NCCC1CC2CCC1C2.I. The van der Waals surface area contributed by atoms with Crippen molar-refractivity contribution in [1.82, 2.24) is 15.6 Å². The van der Waals surface area contributed by atoms with Crippen molar-refractivity contribution in [2.24, 2.45) is 22.7 Å². The number of nitrogens with zero attached hydrogens (tertiary/aromatic N) is 2. The molecular weight excluding hydrogens is 415 g/mol. The van der Waals surface area contributed by atoms with Crippen LogP contribution in [0.3, 0.4) is 0 Å². The Kier molecular flexibility index (Phi) is 7.37. The molecule has 0 amide bonds. The van der Waals surface area contributed by atoms with E-state index in [-0.39, 0.29) is 24.0 Å². The molecule has 2 aliphatic rings. The first-order valence-electron chi connectivity index (χ1n) is 9.10. The maximum atomic E-state index is 5.59. The van der Waals surface area contributed by atoms with Crippen LogP contribution < -0.4 is 10.6 Å². The average Bonchev–Trinajstić information content (AvgIpc) is 3.22. The Morgan fingerprint density at radius 2 is 2.08 bits per heavy atom. The smallest absolute Gasteiger partial charge is 0.216 e. The van der Waals surface area contributed by atoms with Gasteiger partial charge in [-0.25, -0.2) is 9.98 Å². The van der Waals surface area contributed by atoms with E-state index < -0.39 is 0 Å². The molecule has 0 aromatic carbocycles. The van der Waals surface area contributed by atoms with Crippen LogP contribution in [0, 0.1) is 31.6 Å². The Hall–Kier alpha value is -0.790. The molecule has 0 spiro atoms. The van der Waals surface area contributed by atoms with E-state index in [0.29, 0.717) is 12.4 Å². The van der Waals surface area contributed by atoms with Gasteiger partial charge in [0.15, 0.2) is 5.96 Å². The molecule has 2 fully saturated rings. The Balaban J connectivity index is 0.00000208. The zero-order chi connectivity index (χ0) is 16.2. The lowest BCUT2D eigenvalue weighted by Crippen LogP contribution is -2.38. The quantitative estimate of drug-likeness (QED) is 0.397. The van der Waals surface area contributed by atoms with Crippen molar-refractivity contribution in [3.8, 4) is 0 Å². The first kappa shape index (κ1) is 19.5. The molecule has 0 radical (unpaired) electrons. The van der Waals surface area contributed by atoms with E-state index in [1.807, 2.05) is 13.8 Å². The Labute approximate surface area is 162 Å². The predicted molar refractivity (Wildman–Crippen MR) is 108 cm³/mol. The molecule has 2 bridgehead atoms. The fourth-order valence-electron chi connectivity index (χ4n) is 4.20. The normalized spacial score (nSPS) is 25.6. The molecule has 1 aromatic heterocycles. The van der Waals surface area contributed by atoms with Crippen LogP contribution in [0.1, 0.15) is 56.4 Å². The van der Waals surface area contributed by atoms with Crippen molar-refractivity contribution in [3.63, 3.8) is 0 Å².